The van der Waals surface area contributed by atoms with E-state index in [4.69, 9.17) is 9.47 Å². The Labute approximate surface area is 180 Å². The van der Waals surface area contributed by atoms with Crippen molar-refractivity contribution < 1.29 is 27.6 Å². The Bertz CT molecular complexity index is 1100. The Morgan fingerprint density at radius 2 is 1.94 bits per heavy atom. The van der Waals surface area contributed by atoms with Gasteiger partial charge < -0.3 is 14.8 Å². The molecule has 0 aliphatic carbocycles. The highest BCUT2D eigenvalue weighted by Gasteiger charge is 2.28. The van der Waals surface area contributed by atoms with E-state index in [1.807, 2.05) is 0 Å². The van der Waals surface area contributed by atoms with E-state index in [1.54, 1.807) is 19.1 Å². The molecule has 3 rings (SSSR count). The SMILES string of the molecule is CCc1ccc(NC(=O)c2cc(S(=O)(=O)N3CCOCC3)ccc2OC)cc1[N+](=O)[O-]. The van der Waals surface area contributed by atoms with Crippen LogP contribution in [0.4, 0.5) is 11.4 Å². The zero-order chi connectivity index (χ0) is 22.6. The molecular weight excluding hydrogens is 426 g/mol. The molecule has 0 aromatic heterocycles. The number of aryl methyl sites for hydroxylation is 1. The van der Waals surface area contributed by atoms with Gasteiger partial charge in [0.15, 0.2) is 0 Å². The number of hydrogen-bond acceptors (Lipinski definition) is 7. The molecule has 166 valence electrons. The number of nitrogens with one attached hydrogen (secondary N) is 1. The number of sulfonamides is 1. The van der Waals surface area contributed by atoms with Gasteiger partial charge in [0.1, 0.15) is 5.75 Å². The molecule has 2 aromatic rings. The van der Waals surface area contributed by atoms with Gasteiger partial charge in [0, 0.05) is 30.4 Å². The minimum absolute atomic E-state index is 0.000874. The van der Waals surface area contributed by atoms with E-state index in [-0.39, 0.29) is 40.7 Å². The molecule has 10 nitrogen and oxygen atoms in total. The summed E-state index contributed by atoms with van der Waals surface area (Å²) in [5.74, 6) is -0.465. The van der Waals surface area contributed by atoms with Gasteiger partial charge in [0.2, 0.25) is 10.0 Å². The maximum absolute atomic E-state index is 12.9. The smallest absolute Gasteiger partial charge is 0.274 e. The fourth-order valence-corrected chi connectivity index (χ4v) is 4.70. The van der Waals surface area contributed by atoms with Crippen LogP contribution < -0.4 is 10.1 Å². The maximum Gasteiger partial charge on any atom is 0.274 e. The summed E-state index contributed by atoms with van der Waals surface area (Å²) < 4.78 is 37.6. The first-order valence-electron chi connectivity index (χ1n) is 9.62. The number of methoxy groups -OCH3 is 1. The van der Waals surface area contributed by atoms with Gasteiger partial charge in [-0.15, -0.1) is 0 Å². The van der Waals surface area contributed by atoms with Gasteiger partial charge in [-0.2, -0.15) is 4.31 Å². The third-order valence-corrected chi connectivity index (χ3v) is 6.84. The number of nitro benzene ring substituents is 1. The maximum atomic E-state index is 12.9. The first-order chi connectivity index (χ1) is 14.8. The largest absolute Gasteiger partial charge is 0.496 e. The summed E-state index contributed by atoms with van der Waals surface area (Å²) in [5, 5.41) is 13.9. The van der Waals surface area contributed by atoms with Gasteiger partial charge in [-0.25, -0.2) is 8.42 Å². The molecule has 0 spiro atoms. The summed E-state index contributed by atoms with van der Waals surface area (Å²) in [7, 11) is -2.45. The minimum atomic E-state index is -3.81. The number of amides is 1. The molecule has 1 saturated heterocycles. The topological polar surface area (TPSA) is 128 Å². The number of rotatable bonds is 7. The molecule has 2 aromatic carbocycles. The molecule has 0 saturated carbocycles. The molecule has 0 radical (unpaired) electrons. The van der Waals surface area contributed by atoms with E-state index >= 15 is 0 Å². The molecule has 31 heavy (non-hydrogen) atoms. The number of nitrogens with zero attached hydrogens (tertiary/aromatic N) is 2. The van der Waals surface area contributed by atoms with Crippen molar-refractivity contribution in [1.29, 1.82) is 0 Å². The fourth-order valence-electron chi connectivity index (χ4n) is 3.27. The van der Waals surface area contributed by atoms with Crippen LogP contribution in [-0.4, -0.2) is 57.0 Å². The fraction of sp³-hybridized carbons (Fsp3) is 0.350. The number of carbonyl (C=O) groups is 1. The van der Waals surface area contributed by atoms with Crippen LogP contribution in [0, 0.1) is 10.1 Å². The van der Waals surface area contributed by atoms with Gasteiger partial charge in [-0.05, 0) is 30.7 Å². The van der Waals surface area contributed by atoms with E-state index in [0.717, 1.165) is 0 Å². The van der Waals surface area contributed by atoms with Gasteiger partial charge in [-0.3, -0.25) is 14.9 Å². The second-order valence-corrected chi connectivity index (χ2v) is 8.72. The number of hydrogen-bond donors (Lipinski definition) is 1. The molecule has 0 atom stereocenters. The van der Waals surface area contributed by atoms with Crippen LogP contribution in [0.3, 0.4) is 0 Å². The minimum Gasteiger partial charge on any atom is -0.496 e. The standard InChI is InChI=1S/C20H23N3O7S/c1-3-14-4-5-15(12-18(14)23(25)26)21-20(24)17-13-16(6-7-19(17)29-2)31(27,28)22-8-10-30-11-9-22/h4-7,12-13H,3,8-11H2,1-2H3,(H,21,24). The Morgan fingerprint density at radius 1 is 1.23 bits per heavy atom. The zero-order valence-corrected chi connectivity index (χ0v) is 18.0. The highest BCUT2D eigenvalue weighted by molar-refractivity contribution is 7.89. The van der Waals surface area contributed by atoms with Crippen LogP contribution >= 0.6 is 0 Å². The van der Waals surface area contributed by atoms with E-state index in [9.17, 15) is 23.3 Å². The van der Waals surface area contributed by atoms with Crippen molar-refractivity contribution >= 4 is 27.3 Å². The van der Waals surface area contributed by atoms with Crippen molar-refractivity contribution in [3.8, 4) is 5.75 Å². The molecule has 1 N–H and O–H groups in total. The van der Waals surface area contributed by atoms with Gasteiger partial charge in [-0.1, -0.05) is 13.0 Å². The first kappa shape index (κ1) is 22.7. The number of benzene rings is 2. The van der Waals surface area contributed by atoms with Crippen LogP contribution in [0.1, 0.15) is 22.8 Å². The van der Waals surface area contributed by atoms with E-state index in [0.29, 0.717) is 25.2 Å². The average Bonchev–Trinajstić information content (AvgIpc) is 2.79. The lowest BCUT2D eigenvalue weighted by Crippen LogP contribution is -2.40. The third kappa shape index (κ3) is 4.84. The molecule has 0 unspecified atom stereocenters. The molecule has 1 amide bonds. The van der Waals surface area contributed by atoms with Crippen LogP contribution in [0.5, 0.6) is 5.75 Å². The van der Waals surface area contributed by atoms with E-state index in [1.165, 1.54) is 35.7 Å². The molecule has 1 aliphatic rings. The van der Waals surface area contributed by atoms with Gasteiger partial charge >= 0.3 is 0 Å². The molecular formula is C20H23N3O7S. The molecule has 11 heteroatoms. The van der Waals surface area contributed by atoms with Crippen LogP contribution in [-0.2, 0) is 21.2 Å². The molecule has 1 heterocycles. The Kier molecular flexibility index (Phi) is 6.88. The number of ether oxygens (including phenoxy) is 2. The van der Waals surface area contributed by atoms with Crippen molar-refractivity contribution in [2.75, 3.05) is 38.7 Å². The monoisotopic (exact) mass is 449 g/mol. The van der Waals surface area contributed by atoms with Crippen molar-refractivity contribution in [3.63, 3.8) is 0 Å². The molecule has 1 fully saturated rings. The van der Waals surface area contributed by atoms with Gasteiger partial charge in [0.25, 0.3) is 11.6 Å². The summed E-state index contributed by atoms with van der Waals surface area (Å²) in [6.45, 7) is 2.85. The first-order valence-corrected chi connectivity index (χ1v) is 11.1. The highest BCUT2D eigenvalue weighted by Crippen LogP contribution is 2.28. The average molecular weight is 449 g/mol. The van der Waals surface area contributed by atoms with Crippen LogP contribution in [0.2, 0.25) is 0 Å². The van der Waals surface area contributed by atoms with Crippen LogP contribution in [0.15, 0.2) is 41.3 Å². The summed E-state index contributed by atoms with van der Waals surface area (Å²) in [5.41, 5.74) is 0.659. The predicted octanol–water partition coefficient (Wildman–Crippen LogP) is 2.44. The Hall–Kier alpha value is -3.02. The Balaban J connectivity index is 1.93. The number of anilines is 1. The van der Waals surface area contributed by atoms with E-state index in [2.05, 4.69) is 5.32 Å². The van der Waals surface area contributed by atoms with Crippen molar-refractivity contribution in [2.45, 2.75) is 18.2 Å². The second-order valence-electron chi connectivity index (χ2n) is 6.79. The normalized spacial score (nSPS) is 14.8. The number of carbonyl (C=O) groups excluding carboxylic acids is 1. The predicted molar refractivity (Wildman–Crippen MR) is 113 cm³/mol. The zero-order valence-electron chi connectivity index (χ0n) is 17.2. The summed E-state index contributed by atoms with van der Waals surface area (Å²) >= 11 is 0. The summed E-state index contributed by atoms with van der Waals surface area (Å²) in [6, 6.07) is 8.44. The van der Waals surface area contributed by atoms with Crippen molar-refractivity contribution in [3.05, 3.63) is 57.6 Å². The van der Waals surface area contributed by atoms with E-state index < -0.39 is 20.9 Å². The quantitative estimate of drug-likeness (QED) is 0.508. The number of nitro groups is 1. The van der Waals surface area contributed by atoms with Crippen LogP contribution in [0.25, 0.3) is 0 Å². The van der Waals surface area contributed by atoms with Gasteiger partial charge in [0.05, 0.1) is 35.7 Å². The second kappa shape index (κ2) is 9.41. The third-order valence-electron chi connectivity index (χ3n) is 4.94. The molecule has 0 bridgehead atoms. The van der Waals surface area contributed by atoms with Crippen molar-refractivity contribution in [1.82, 2.24) is 4.31 Å². The van der Waals surface area contributed by atoms with Crippen molar-refractivity contribution in [2.24, 2.45) is 0 Å². The highest BCUT2D eigenvalue weighted by atomic mass is 32.2. The molecule has 1 aliphatic heterocycles. The summed E-state index contributed by atoms with van der Waals surface area (Å²) in [6.07, 6.45) is 0.472. The number of morpholine rings is 1. The Morgan fingerprint density at radius 3 is 2.55 bits per heavy atom. The lowest BCUT2D eigenvalue weighted by atomic mass is 10.1. The lowest BCUT2D eigenvalue weighted by molar-refractivity contribution is -0.385. The summed E-state index contributed by atoms with van der Waals surface area (Å²) in [4.78, 5) is 23.6. The lowest BCUT2D eigenvalue weighted by Gasteiger charge is -2.26.